The number of rotatable bonds is 8. The summed E-state index contributed by atoms with van der Waals surface area (Å²) < 4.78 is 48.9. The zero-order valence-electron chi connectivity index (χ0n) is 16.2. The number of hydrogen-bond donors (Lipinski definition) is 1. The van der Waals surface area contributed by atoms with Gasteiger partial charge in [-0.05, 0) is 60.7 Å². The van der Waals surface area contributed by atoms with Crippen LogP contribution in [-0.4, -0.2) is 33.0 Å². The highest BCUT2D eigenvalue weighted by atomic mass is 32.2. The average molecular weight is 434 g/mol. The Hall–Kier alpha value is -3.21. The molecule has 0 unspecified atom stereocenters. The van der Waals surface area contributed by atoms with E-state index in [4.69, 9.17) is 14.0 Å². The molecule has 0 radical (unpaired) electrons. The lowest BCUT2D eigenvalue weighted by Crippen LogP contribution is -2.25. The lowest BCUT2D eigenvalue weighted by Gasteiger charge is -2.14. The van der Waals surface area contributed by atoms with Crippen LogP contribution in [0.15, 0.2) is 70.0 Å². The minimum atomic E-state index is -3.77. The smallest absolute Gasteiger partial charge is 0.291 e. The van der Waals surface area contributed by atoms with Crippen molar-refractivity contribution < 1.29 is 31.6 Å². The molecule has 0 saturated carbocycles. The Balaban J connectivity index is 1.60. The third-order valence-corrected chi connectivity index (χ3v) is 5.78. The van der Waals surface area contributed by atoms with Crippen molar-refractivity contribution >= 4 is 21.6 Å². The molecule has 1 heterocycles. The highest BCUT2D eigenvalue weighted by Crippen LogP contribution is 2.19. The number of nitrogens with zero attached hydrogens (tertiary/aromatic N) is 1. The second-order valence-corrected chi connectivity index (χ2v) is 8.02. The molecule has 0 atom stereocenters. The topological polar surface area (TPSA) is 98.1 Å². The number of ether oxygens (including phenoxy) is 1. The number of amides is 1. The van der Waals surface area contributed by atoms with Gasteiger partial charge in [-0.15, -0.1) is 0 Å². The minimum absolute atomic E-state index is 0.0167. The first-order valence-corrected chi connectivity index (χ1v) is 10.1. The summed E-state index contributed by atoms with van der Waals surface area (Å²) in [5.74, 6) is 0.0632. The van der Waals surface area contributed by atoms with Crippen molar-refractivity contribution in [3.8, 4) is 5.75 Å². The van der Waals surface area contributed by atoms with Crippen LogP contribution in [0.5, 0.6) is 5.75 Å². The van der Waals surface area contributed by atoms with Gasteiger partial charge >= 0.3 is 0 Å². The molecular weight excluding hydrogens is 415 g/mol. The van der Waals surface area contributed by atoms with E-state index in [1.165, 1.54) is 68.8 Å². The molecule has 0 aliphatic rings. The standard InChI is InChI=1S/C20H19FN2O6S/c1-23(27-2)30(25,26)18-10-5-15(6-11-18)22-20(24)19-12-9-17(29-19)13-28-16-7-3-14(21)4-8-16/h3-12H,13H2,1-2H3,(H,22,24). The molecule has 30 heavy (non-hydrogen) atoms. The van der Waals surface area contributed by atoms with Crippen molar-refractivity contribution in [1.29, 1.82) is 0 Å². The molecule has 0 spiro atoms. The van der Waals surface area contributed by atoms with Crippen LogP contribution < -0.4 is 10.1 Å². The largest absolute Gasteiger partial charge is 0.486 e. The van der Waals surface area contributed by atoms with E-state index < -0.39 is 15.9 Å². The zero-order chi connectivity index (χ0) is 21.7. The molecule has 8 nitrogen and oxygen atoms in total. The van der Waals surface area contributed by atoms with Crippen molar-refractivity contribution in [1.82, 2.24) is 4.47 Å². The predicted molar refractivity (Wildman–Crippen MR) is 106 cm³/mol. The average Bonchev–Trinajstić information content (AvgIpc) is 3.22. The number of furan rings is 1. The molecule has 3 rings (SSSR count). The molecule has 0 aliphatic heterocycles. The van der Waals surface area contributed by atoms with Crippen molar-refractivity contribution in [2.75, 3.05) is 19.5 Å². The molecule has 1 N–H and O–H groups in total. The molecule has 1 aromatic heterocycles. The van der Waals surface area contributed by atoms with Crippen molar-refractivity contribution in [3.63, 3.8) is 0 Å². The summed E-state index contributed by atoms with van der Waals surface area (Å²) in [7, 11) is -1.25. The summed E-state index contributed by atoms with van der Waals surface area (Å²) in [6, 6.07) is 14.2. The molecule has 0 fully saturated rings. The van der Waals surface area contributed by atoms with Gasteiger partial charge in [-0.1, -0.05) is 4.47 Å². The van der Waals surface area contributed by atoms with E-state index in [0.29, 0.717) is 17.2 Å². The maximum atomic E-state index is 12.9. The van der Waals surface area contributed by atoms with Crippen molar-refractivity contribution in [2.24, 2.45) is 0 Å². The second kappa shape index (κ2) is 9.08. The van der Waals surface area contributed by atoms with E-state index >= 15 is 0 Å². The summed E-state index contributed by atoms with van der Waals surface area (Å²) >= 11 is 0. The van der Waals surface area contributed by atoms with Crippen LogP contribution in [0.1, 0.15) is 16.3 Å². The fourth-order valence-corrected chi connectivity index (χ4v) is 3.39. The molecule has 10 heteroatoms. The van der Waals surface area contributed by atoms with E-state index in [1.54, 1.807) is 6.07 Å². The number of nitrogens with one attached hydrogen (secondary N) is 1. The Kier molecular flexibility index (Phi) is 6.50. The number of carbonyl (C=O) groups excluding carboxylic acids is 1. The number of sulfonamides is 1. The molecule has 3 aromatic rings. The van der Waals surface area contributed by atoms with Crippen LogP contribution in [-0.2, 0) is 21.5 Å². The molecule has 1 amide bonds. The van der Waals surface area contributed by atoms with Crippen LogP contribution >= 0.6 is 0 Å². The zero-order valence-corrected chi connectivity index (χ0v) is 17.0. The van der Waals surface area contributed by atoms with Gasteiger partial charge in [0.1, 0.15) is 23.9 Å². The Morgan fingerprint density at radius 3 is 2.37 bits per heavy atom. The molecule has 0 aliphatic carbocycles. The highest BCUT2D eigenvalue weighted by Gasteiger charge is 2.20. The Bertz CT molecular complexity index is 1110. The van der Waals surface area contributed by atoms with Gasteiger partial charge in [0.25, 0.3) is 15.9 Å². The summed E-state index contributed by atoms with van der Waals surface area (Å²) in [5.41, 5.74) is 0.388. The highest BCUT2D eigenvalue weighted by molar-refractivity contribution is 7.89. The first-order chi connectivity index (χ1) is 14.3. The van der Waals surface area contributed by atoms with E-state index in [-0.39, 0.29) is 23.1 Å². The Labute approximate surface area is 172 Å². The maximum Gasteiger partial charge on any atom is 0.291 e. The van der Waals surface area contributed by atoms with E-state index in [9.17, 15) is 17.6 Å². The molecule has 0 saturated heterocycles. The fraction of sp³-hybridized carbons (Fsp3) is 0.150. The van der Waals surface area contributed by atoms with E-state index in [0.717, 1.165) is 4.47 Å². The van der Waals surface area contributed by atoms with Gasteiger partial charge in [0.05, 0.1) is 12.0 Å². The van der Waals surface area contributed by atoms with Crippen LogP contribution in [0.2, 0.25) is 0 Å². The number of carbonyl (C=O) groups is 1. The number of benzene rings is 2. The summed E-state index contributed by atoms with van der Waals surface area (Å²) in [6.45, 7) is 0.0679. The minimum Gasteiger partial charge on any atom is -0.486 e. The van der Waals surface area contributed by atoms with E-state index in [1.807, 2.05) is 0 Å². The third-order valence-electron chi connectivity index (χ3n) is 4.09. The van der Waals surface area contributed by atoms with Crippen LogP contribution in [0.3, 0.4) is 0 Å². The van der Waals surface area contributed by atoms with E-state index in [2.05, 4.69) is 5.32 Å². The Morgan fingerprint density at radius 1 is 1.07 bits per heavy atom. The first-order valence-electron chi connectivity index (χ1n) is 8.71. The first kappa shape index (κ1) is 21.5. The van der Waals surface area contributed by atoms with Gasteiger partial charge in [0, 0.05) is 12.7 Å². The lowest BCUT2D eigenvalue weighted by atomic mass is 10.3. The summed E-state index contributed by atoms with van der Waals surface area (Å²) in [4.78, 5) is 17.1. The van der Waals surface area contributed by atoms with Crippen LogP contribution in [0, 0.1) is 5.82 Å². The molecule has 158 valence electrons. The SMILES string of the molecule is CON(C)S(=O)(=O)c1ccc(NC(=O)c2ccc(COc3ccc(F)cc3)o2)cc1. The van der Waals surface area contributed by atoms with Gasteiger partial charge in [0.2, 0.25) is 0 Å². The third kappa shape index (κ3) is 5.03. The second-order valence-electron chi connectivity index (χ2n) is 6.08. The van der Waals surface area contributed by atoms with Gasteiger partial charge in [-0.25, -0.2) is 12.8 Å². The predicted octanol–water partition coefficient (Wildman–Crippen LogP) is 3.43. The van der Waals surface area contributed by atoms with Crippen LogP contribution in [0.25, 0.3) is 0 Å². The van der Waals surface area contributed by atoms with Gasteiger partial charge in [-0.3, -0.25) is 9.63 Å². The number of hydroxylamine groups is 1. The number of anilines is 1. The summed E-state index contributed by atoms with van der Waals surface area (Å²) in [5, 5.41) is 2.62. The number of halogens is 1. The lowest BCUT2D eigenvalue weighted by molar-refractivity contribution is -0.0258. The van der Waals surface area contributed by atoms with Gasteiger partial charge in [-0.2, -0.15) is 0 Å². The van der Waals surface area contributed by atoms with Crippen LogP contribution in [0.4, 0.5) is 10.1 Å². The molecular formula is C20H19FN2O6S. The normalized spacial score (nSPS) is 11.5. The molecule has 0 bridgehead atoms. The monoisotopic (exact) mass is 434 g/mol. The van der Waals surface area contributed by atoms with Gasteiger partial charge < -0.3 is 14.5 Å². The number of hydrogen-bond acceptors (Lipinski definition) is 6. The summed E-state index contributed by atoms with van der Waals surface area (Å²) in [6.07, 6.45) is 0. The van der Waals surface area contributed by atoms with Crippen molar-refractivity contribution in [2.45, 2.75) is 11.5 Å². The molecule has 2 aromatic carbocycles. The maximum absolute atomic E-state index is 12.9. The van der Waals surface area contributed by atoms with Gasteiger partial charge in [0.15, 0.2) is 5.76 Å². The van der Waals surface area contributed by atoms with Crippen molar-refractivity contribution in [3.05, 3.63) is 78.0 Å². The quantitative estimate of drug-likeness (QED) is 0.546. The Morgan fingerprint density at radius 2 is 1.73 bits per heavy atom. The fourth-order valence-electron chi connectivity index (χ4n) is 2.41.